The van der Waals surface area contributed by atoms with Gasteiger partial charge in [-0.3, -0.25) is 9.00 Å². The second-order valence-corrected chi connectivity index (χ2v) is 6.25. The second kappa shape index (κ2) is 6.91. The van der Waals surface area contributed by atoms with Crippen molar-refractivity contribution in [3.8, 4) is 0 Å². The Morgan fingerprint density at radius 1 is 1.37 bits per heavy atom. The van der Waals surface area contributed by atoms with Gasteiger partial charge >= 0.3 is 0 Å². The normalized spacial score (nSPS) is 20.4. The highest BCUT2D eigenvalue weighted by Crippen LogP contribution is 2.13. The Hall–Kier alpha value is -1.07. The van der Waals surface area contributed by atoms with Gasteiger partial charge in [0.05, 0.1) is 6.10 Å². The summed E-state index contributed by atoms with van der Waals surface area (Å²) >= 11 is 0. The molecule has 0 radical (unpaired) electrons. The van der Waals surface area contributed by atoms with Crippen LogP contribution in [0, 0.1) is 5.82 Å². The van der Waals surface area contributed by atoms with Crippen molar-refractivity contribution < 1.29 is 18.1 Å². The van der Waals surface area contributed by atoms with Crippen molar-refractivity contribution in [1.29, 1.82) is 0 Å². The van der Waals surface area contributed by atoms with E-state index in [-0.39, 0.29) is 24.1 Å². The number of Topliss-reactive ketones (excluding diaryl/α,β-unsaturated/α-hetero) is 1. The minimum atomic E-state index is -1.03. The van der Waals surface area contributed by atoms with E-state index in [0.717, 1.165) is 19.4 Å². The lowest BCUT2D eigenvalue weighted by molar-refractivity contribution is 0.0988. The van der Waals surface area contributed by atoms with E-state index in [1.807, 2.05) is 0 Å². The fraction of sp³-hybridized carbons (Fsp3) is 0.500. The van der Waals surface area contributed by atoms with Crippen LogP contribution in [0.25, 0.3) is 0 Å². The van der Waals surface area contributed by atoms with Crippen LogP contribution in [0.1, 0.15) is 29.6 Å². The molecule has 1 aromatic carbocycles. The van der Waals surface area contributed by atoms with Gasteiger partial charge in [0.15, 0.2) is 5.78 Å². The van der Waals surface area contributed by atoms with Crippen molar-refractivity contribution >= 4 is 16.6 Å². The maximum atomic E-state index is 12.7. The largest absolute Gasteiger partial charge is 0.377 e. The molecule has 5 heteroatoms. The van der Waals surface area contributed by atoms with E-state index in [1.165, 1.54) is 24.3 Å². The smallest absolute Gasteiger partial charge is 0.163 e. The molecule has 0 aliphatic carbocycles. The van der Waals surface area contributed by atoms with E-state index in [1.54, 1.807) is 0 Å². The summed E-state index contributed by atoms with van der Waals surface area (Å²) in [7, 11) is -1.03. The van der Waals surface area contributed by atoms with E-state index in [0.29, 0.717) is 17.1 Å². The van der Waals surface area contributed by atoms with Crippen LogP contribution >= 0.6 is 0 Å². The number of carbonyl (C=O) groups excluding carboxylic acids is 1. The van der Waals surface area contributed by atoms with Crippen LogP contribution < -0.4 is 0 Å². The third-order valence-corrected chi connectivity index (χ3v) is 4.52. The number of hydrogen-bond donors (Lipinski definition) is 0. The second-order valence-electron chi connectivity index (χ2n) is 4.63. The molecule has 1 saturated heterocycles. The maximum absolute atomic E-state index is 12.7. The first kappa shape index (κ1) is 14.3. The summed E-state index contributed by atoms with van der Waals surface area (Å²) in [6, 6.07) is 5.44. The molecule has 1 aromatic rings. The van der Waals surface area contributed by atoms with E-state index in [2.05, 4.69) is 0 Å². The molecule has 0 saturated carbocycles. The van der Waals surface area contributed by atoms with E-state index in [9.17, 15) is 13.4 Å². The van der Waals surface area contributed by atoms with Crippen LogP contribution in [-0.2, 0) is 15.5 Å². The number of hydrogen-bond acceptors (Lipinski definition) is 3. The minimum Gasteiger partial charge on any atom is -0.377 e. The molecule has 3 nitrogen and oxygen atoms in total. The lowest BCUT2D eigenvalue weighted by Crippen LogP contribution is -2.18. The molecule has 2 rings (SSSR count). The van der Waals surface area contributed by atoms with Crippen LogP contribution in [0.2, 0.25) is 0 Å². The fourth-order valence-electron chi connectivity index (χ4n) is 2.05. The Morgan fingerprint density at radius 3 is 2.74 bits per heavy atom. The summed E-state index contributed by atoms with van der Waals surface area (Å²) < 4.78 is 29.9. The lowest BCUT2D eigenvalue weighted by Gasteiger charge is -2.08. The van der Waals surface area contributed by atoms with E-state index in [4.69, 9.17) is 4.74 Å². The average Bonchev–Trinajstić information content (AvgIpc) is 2.89. The van der Waals surface area contributed by atoms with Crippen LogP contribution in [0.4, 0.5) is 4.39 Å². The monoisotopic (exact) mass is 284 g/mol. The summed E-state index contributed by atoms with van der Waals surface area (Å²) in [5.41, 5.74) is 0.468. The molecule has 1 heterocycles. The molecule has 0 amide bonds. The number of ether oxygens (including phenoxy) is 1. The van der Waals surface area contributed by atoms with Crippen LogP contribution in [0.15, 0.2) is 24.3 Å². The average molecular weight is 284 g/mol. The predicted octanol–water partition coefficient (Wildman–Crippen LogP) is 2.33. The molecule has 1 fully saturated rings. The SMILES string of the molecule is O=C(CCS(=O)CC1CCCO1)c1ccc(F)cc1. The highest BCUT2D eigenvalue weighted by atomic mass is 32.2. The molecule has 0 aromatic heterocycles. The zero-order valence-corrected chi connectivity index (χ0v) is 11.5. The van der Waals surface area contributed by atoms with Gasteiger partial charge < -0.3 is 4.74 Å². The van der Waals surface area contributed by atoms with Gasteiger partial charge in [-0.25, -0.2) is 4.39 Å². The van der Waals surface area contributed by atoms with Crippen molar-refractivity contribution in [3.05, 3.63) is 35.6 Å². The van der Waals surface area contributed by atoms with E-state index < -0.39 is 10.8 Å². The van der Waals surface area contributed by atoms with Gasteiger partial charge in [0.2, 0.25) is 0 Å². The highest BCUT2D eigenvalue weighted by molar-refractivity contribution is 7.85. The molecule has 0 N–H and O–H groups in total. The lowest BCUT2D eigenvalue weighted by atomic mass is 10.1. The quantitative estimate of drug-likeness (QED) is 0.753. The Morgan fingerprint density at radius 2 is 2.11 bits per heavy atom. The summed E-state index contributed by atoms with van der Waals surface area (Å²) in [6.07, 6.45) is 2.29. The molecule has 1 aliphatic heterocycles. The van der Waals surface area contributed by atoms with Gasteiger partial charge in [-0.2, -0.15) is 0 Å². The zero-order chi connectivity index (χ0) is 13.7. The molecule has 2 unspecified atom stereocenters. The number of halogens is 1. The number of carbonyl (C=O) groups is 1. The molecule has 104 valence electrons. The number of rotatable bonds is 6. The fourth-order valence-corrected chi connectivity index (χ4v) is 3.31. The van der Waals surface area contributed by atoms with Gasteiger partial charge in [0, 0.05) is 40.9 Å². The van der Waals surface area contributed by atoms with Gasteiger partial charge in [-0.15, -0.1) is 0 Å². The maximum Gasteiger partial charge on any atom is 0.163 e. The van der Waals surface area contributed by atoms with E-state index >= 15 is 0 Å². The topological polar surface area (TPSA) is 43.4 Å². The van der Waals surface area contributed by atoms with Gasteiger partial charge in [-0.05, 0) is 37.1 Å². The van der Waals surface area contributed by atoms with Crippen molar-refractivity contribution in [1.82, 2.24) is 0 Å². The first-order chi connectivity index (χ1) is 9.15. The summed E-state index contributed by atoms with van der Waals surface area (Å²) in [5.74, 6) is 0.395. The molecule has 0 bridgehead atoms. The molecule has 19 heavy (non-hydrogen) atoms. The summed E-state index contributed by atoms with van der Waals surface area (Å²) in [4.78, 5) is 11.8. The van der Waals surface area contributed by atoms with Crippen molar-refractivity contribution in [2.45, 2.75) is 25.4 Å². The minimum absolute atomic E-state index is 0.0850. The molecule has 0 spiro atoms. The molecule has 1 aliphatic rings. The van der Waals surface area contributed by atoms with Gasteiger partial charge in [0.25, 0.3) is 0 Å². The van der Waals surface area contributed by atoms with Crippen LogP contribution in [0.5, 0.6) is 0 Å². The highest BCUT2D eigenvalue weighted by Gasteiger charge is 2.18. The third kappa shape index (κ3) is 4.51. The first-order valence-electron chi connectivity index (χ1n) is 6.40. The summed E-state index contributed by atoms with van der Waals surface area (Å²) in [5, 5.41) is 0. The molecular formula is C14H17FO3S. The number of benzene rings is 1. The zero-order valence-electron chi connectivity index (χ0n) is 10.6. The Balaban J connectivity index is 1.76. The van der Waals surface area contributed by atoms with Gasteiger partial charge in [-0.1, -0.05) is 0 Å². The van der Waals surface area contributed by atoms with Crippen LogP contribution in [-0.4, -0.2) is 34.2 Å². The Bertz CT molecular complexity index is 452. The molecule has 2 atom stereocenters. The first-order valence-corrected chi connectivity index (χ1v) is 7.89. The standard InChI is InChI=1S/C14H17FO3S/c15-12-5-3-11(4-6-12)14(16)7-9-19(17)10-13-2-1-8-18-13/h3-6,13H,1-2,7-10H2. The van der Waals surface area contributed by atoms with Gasteiger partial charge in [0.1, 0.15) is 5.82 Å². The Kier molecular flexibility index (Phi) is 5.22. The predicted molar refractivity (Wildman–Crippen MR) is 72.2 cm³/mol. The Labute approximate surface area is 114 Å². The number of ketones is 1. The van der Waals surface area contributed by atoms with Crippen molar-refractivity contribution in [3.63, 3.8) is 0 Å². The summed E-state index contributed by atoms with van der Waals surface area (Å²) in [6.45, 7) is 0.746. The molecular weight excluding hydrogens is 267 g/mol. The van der Waals surface area contributed by atoms with Crippen LogP contribution in [0.3, 0.4) is 0 Å². The van der Waals surface area contributed by atoms with Crippen molar-refractivity contribution in [2.75, 3.05) is 18.1 Å². The van der Waals surface area contributed by atoms with Crippen molar-refractivity contribution in [2.24, 2.45) is 0 Å². The third-order valence-electron chi connectivity index (χ3n) is 3.12.